The van der Waals surface area contributed by atoms with Gasteiger partial charge in [-0.25, -0.2) is 0 Å². The molecule has 1 atom stereocenters. The average Bonchev–Trinajstić information content (AvgIpc) is 2.48. The summed E-state index contributed by atoms with van der Waals surface area (Å²) in [5, 5.41) is 2.56. The van der Waals surface area contributed by atoms with Gasteiger partial charge in [-0.05, 0) is 28.3 Å². The minimum Gasteiger partial charge on any atom is -0.324 e. The molecule has 3 aromatic carbocycles. The van der Waals surface area contributed by atoms with E-state index in [0.717, 1.165) is 6.42 Å². The second-order valence-corrected chi connectivity index (χ2v) is 4.90. The van der Waals surface area contributed by atoms with Crippen LogP contribution < -0.4 is 5.73 Å². The average molecular weight is 247 g/mol. The number of rotatable bonds is 3. The van der Waals surface area contributed by atoms with Crippen LogP contribution in [0.4, 0.5) is 0 Å². The predicted molar refractivity (Wildman–Crippen MR) is 81.0 cm³/mol. The smallest absolute Gasteiger partial charge is 0.0335 e. The molecule has 1 heteroatoms. The Bertz CT molecular complexity index is 673. The summed E-state index contributed by atoms with van der Waals surface area (Å²) >= 11 is 0. The molecule has 94 valence electrons. The van der Waals surface area contributed by atoms with Crippen molar-refractivity contribution in [2.24, 2.45) is 5.73 Å². The van der Waals surface area contributed by atoms with Gasteiger partial charge in [-0.3, -0.25) is 0 Å². The van der Waals surface area contributed by atoms with Crippen LogP contribution in [0.3, 0.4) is 0 Å². The maximum atomic E-state index is 6.27. The van der Waals surface area contributed by atoms with Crippen LogP contribution in [0.5, 0.6) is 0 Å². The molecule has 0 saturated heterocycles. The maximum absolute atomic E-state index is 6.27. The molecule has 0 aliphatic carbocycles. The van der Waals surface area contributed by atoms with Crippen molar-refractivity contribution in [2.45, 2.75) is 12.5 Å². The molecule has 2 N–H and O–H groups in total. The topological polar surface area (TPSA) is 26.0 Å². The van der Waals surface area contributed by atoms with E-state index in [0.29, 0.717) is 0 Å². The molecule has 0 bridgehead atoms. The summed E-state index contributed by atoms with van der Waals surface area (Å²) in [5.74, 6) is 0. The number of hydrogen-bond acceptors (Lipinski definition) is 1. The van der Waals surface area contributed by atoms with Crippen molar-refractivity contribution in [3.63, 3.8) is 0 Å². The van der Waals surface area contributed by atoms with E-state index < -0.39 is 0 Å². The summed E-state index contributed by atoms with van der Waals surface area (Å²) in [7, 11) is 0. The van der Waals surface area contributed by atoms with E-state index in [1.165, 1.54) is 21.9 Å². The summed E-state index contributed by atoms with van der Waals surface area (Å²) in [6, 6.07) is 25.3. The number of nitrogens with two attached hydrogens (primary N) is 1. The highest BCUT2D eigenvalue weighted by Crippen LogP contribution is 2.20. The molecule has 0 aliphatic heterocycles. The van der Waals surface area contributed by atoms with E-state index >= 15 is 0 Å². The Labute approximate surface area is 113 Å². The second kappa shape index (κ2) is 5.25. The van der Waals surface area contributed by atoms with E-state index in [1.807, 2.05) is 18.2 Å². The Hall–Kier alpha value is -2.12. The first-order valence-electron chi connectivity index (χ1n) is 6.61. The molecule has 0 aromatic heterocycles. The van der Waals surface area contributed by atoms with Crippen molar-refractivity contribution < 1.29 is 0 Å². The maximum Gasteiger partial charge on any atom is 0.0335 e. The van der Waals surface area contributed by atoms with Gasteiger partial charge in [-0.2, -0.15) is 0 Å². The third kappa shape index (κ3) is 2.67. The fourth-order valence-electron chi connectivity index (χ4n) is 2.44. The number of hydrogen-bond donors (Lipinski definition) is 1. The van der Waals surface area contributed by atoms with Crippen LogP contribution in [0, 0.1) is 0 Å². The van der Waals surface area contributed by atoms with Gasteiger partial charge in [0.05, 0.1) is 0 Å². The van der Waals surface area contributed by atoms with E-state index in [4.69, 9.17) is 5.73 Å². The summed E-state index contributed by atoms with van der Waals surface area (Å²) in [6.07, 6.45) is 0.870. The minimum absolute atomic E-state index is 0.0577. The molecule has 0 heterocycles. The highest BCUT2D eigenvalue weighted by Gasteiger charge is 2.06. The molecule has 0 saturated carbocycles. The first kappa shape index (κ1) is 11.9. The third-order valence-corrected chi connectivity index (χ3v) is 3.50. The number of benzene rings is 3. The number of fused-ring (bicyclic) bond motifs is 1. The lowest BCUT2D eigenvalue weighted by Crippen LogP contribution is -2.13. The Morgan fingerprint density at radius 2 is 1.42 bits per heavy atom. The van der Waals surface area contributed by atoms with Gasteiger partial charge in [0.25, 0.3) is 0 Å². The Balaban J connectivity index is 1.85. The minimum atomic E-state index is 0.0577. The quantitative estimate of drug-likeness (QED) is 0.741. The van der Waals surface area contributed by atoms with Crippen molar-refractivity contribution >= 4 is 10.8 Å². The fourth-order valence-corrected chi connectivity index (χ4v) is 2.44. The molecule has 3 aromatic rings. The second-order valence-electron chi connectivity index (χ2n) is 4.90. The Morgan fingerprint density at radius 3 is 2.21 bits per heavy atom. The van der Waals surface area contributed by atoms with Gasteiger partial charge in [0.2, 0.25) is 0 Å². The van der Waals surface area contributed by atoms with Crippen LogP contribution in [0.2, 0.25) is 0 Å². The third-order valence-electron chi connectivity index (χ3n) is 3.50. The van der Waals surface area contributed by atoms with E-state index in [2.05, 4.69) is 54.6 Å². The van der Waals surface area contributed by atoms with E-state index in [-0.39, 0.29) is 6.04 Å². The van der Waals surface area contributed by atoms with Crippen molar-refractivity contribution in [3.05, 3.63) is 83.9 Å². The molecule has 0 spiro atoms. The summed E-state index contributed by atoms with van der Waals surface area (Å²) in [4.78, 5) is 0. The molecule has 1 nitrogen and oxygen atoms in total. The van der Waals surface area contributed by atoms with E-state index in [1.54, 1.807) is 0 Å². The highest BCUT2D eigenvalue weighted by molar-refractivity contribution is 5.83. The molecule has 1 unspecified atom stereocenters. The monoisotopic (exact) mass is 247 g/mol. The van der Waals surface area contributed by atoms with Gasteiger partial charge in [-0.1, -0.05) is 72.8 Å². The molecular weight excluding hydrogens is 230 g/mol. The lowest BCUT2D eigenvalue weighted by molar-refractivity contribution is 0.722. The first-order valence-corrected chi connectivity index (χ1v) is 6.61. The molecule has 0 aliphatic rings. The lowest BCUT2D eigenvalue weighted by Gasteiger charge is -2.12. The largest absolute Gasteiger partial charge is 0.324 e. The molecular formula is C18H17N. The van der Waals surface area contributed by atoms with E-state index in [9.17, 15) is 0 Å². The van der Waals surface area contributed by atoms with Crippen molar-refractivity contribution in [1.82, 2.24) is 0 Å². The normalized spacial score (nSPS) is 12.5. The first-order chi connectivity index (χ1) is 9.33. The SMILES string of the molecule is NC(Cc1ccc2ccccc2c1)c1ccccc1. The van der Waals surface area contributed by atoms with Crippen LogP contribution in [0.15, 0.2) is 72.8 Å². The molecule has 0 radical (unpaired) electrons. The Morgan fingerprint density at radius 1 is 0.737 bits per heavy atom. The van der Waals surface area contributed by atoms with Crippen molar-refractivity contribution in [3.8, 4) is 0 Å². The highest BCUT2D eigenvalue weighted by atomic mass is 14.6. The van der Waals surface area contributed by atoms with Crippen LogP contribution in [0.1, 0.15) is 17.2 Å². The Kier molecular flexibility index (Phi) is 3.30. The zero-order chi connectivity index (χ0) is 13.1. The van der Waals surface area contributed by atoms with Crippen LogP contribution in [-0.2, 0) is 6.42 Å². The zero-order valence-corrected chi connectivity index (χ0v) is 10.8. The van der Waals surface area contributed by atoms with Gasteiger partial charge in [0.15, 0.2) is 0 Å². The zero-order valence-electron chi connectivity index (χ0n) is 10.8. The summed E-state index contributed by atoms with van der Waals surface area (Å²) in [5.41, 5.74) is 8.75. The van der Waals surface area contributed by atoms with Gasteiger partial charge >= 0.3 is 0 Å². The van der Waals surface area contributed by atoms with Gasteiger partial charge < -0.3 is 5.73 Å². The molecule has 3 rings (SSSR count). The molecule has 0 fully saturated rings. The standard InChI is InChI=1S/C18H17N/c19-18(16-7-2-1-3-8-16)13-14-10-11-15-6-4-5-9-17(15)12-14/h1-12,18H,13,19H2. The van der Waals surface area contributed by atoms with Gasteiger partial charge in [0.1, 0.15) is 0 Å². The summed E-state index contributed by atoms with van der Waals surface area (Å²) in [6.45, 7) is 0. The molecule has 19 heavy (non-hydrogen) atoms. The van der Waals surface area contributed by atoms with Gasteiger partial charge in [0, 0.05) is 6.04 Å². The van der Waals surface area contributed by atoms with Crippen LogP contribution in [0.25, 0.3) is 10.8 Å². The predicted octanol–water partition coefficient (Wildman–Crippen LogP) is 4.08. The lowest BCUT2D eigenvalue weighted by atomic mass is 9.98. The van der Waals surface area contributed by atoms with Crippen molar-refractivity contribution in [2.75, 3.05) is 0 Å². The van der Waals surface area contributed by atoms with Crippen LogP contribution in [-0.4, -0.2) is 0 Å². The summed E-state index contributed by atoms with van der Waals surface area (Å²) < 4.78 is 0. The molecule has 0 amide bonds. The fraction of sp³-hybridized carbons (Fsp3) is 0.111. The van der Waals surface area contributed by atoms with Crippen LogP contribution >= 0.6 is 0 Å². The van der Waals surface area contributed by atoms with Crippen molar-refractivity contribution in [1.29, 1.82) is 0 Å². The van der Waals surface area contributed by atoms with Gasteiger partial charge in [-0.15, -0.1) is 0 Å².